The van der Waals surface area contributed by atoms with E-state index in [2.05, 4.69) is 5.32 Å². The fraction of sp³-hybridized carbons (Fsp3) is 0.538. The Bertz CT molecular complexity index is 371. The number of hydrogen-bond donors (Lipinski definition) is 1. The maximum atomic E-state index is 11.9. The molecule has 0 saturated heterocycles. The van der Waals surface area contributed by atoms with Gasteiger partial charge in [-0.15, -0.1) is 0 Å². The summed E-state index contributed by atoms with van der Waals surface area (Å²) >= 11 is 12.2. The predicted molar refractivity (Wildman–Crippen MR) is 74.5 cm³/mol. The Kier molecular flexibility index (Phi) is 7.61. The van der Waals surface area contributed by atoms with Gasteiger partial charge in [0.15, 0.2) is 0 Å². The van der Waals surface area contributed by atoms with Crippen molar-refractivity contribution in [2.24, 2.45) is 0 Å². The predicted octanol–water partition coefficient (Wildman–Crippen LogP) is 3.80. The van der Waals surface area contributed by atoms with E-state index in [1.165, 1.54) is 0 Å². The molecule has 2 nitrogen and oxygen atoms in total. The van der Waals surface area contributed by atoms with Gasteiger partial charge in [0.05, 0.1) is 0 Å². The van der Waals surface area contributed by atoms with Gasteiger partial charge in [-0.3, -0.25) is 0 Å². The van der Waals surface area contributed by atoms with Crippen LogP contribution in [0.25, 0.3) is 0 Å². The lowest BCUT2D eigenvalue weighted by Crippen LogP contribution is -2.29. The van der Waals surface area contributed by atoms with Crippen molar-refractivity contribution in [3.63, 3.8) is 0 Å². The summed E-state index contributed by atoms with van der Waals surface area (Å²) in [5, 5.41) is 4.33. The van der Waals surface area contributed by atoms with Crippen LogP contribution in [-0.4, -0.2) is 32.7 Å². The van der Waals surface area contributed by atoms with Gasteiger partial charge in [-0.05, 0) is 37.6 Å². The summed E-state index contributed by atoms with van der Waals surface area (Å²) in [6.45, 7) is -0.249. The van der Waals surface area contributed by atoms with E-state index in [4.69, 9.17) is 27.9 Å². The van der Waals surface area contributed by atoms with Crippen molar-refractivity contribution < 1.29 is 13.5 Å². The molecule has 1 aromatic carbocycles. The van der Waals surface area contributed by atoms with E-state index in [-0.39, 0.29) is 12.6 Å². The van der Waals surface area contributed by atoms with Gasteiger partial charge < -0.3 is 10.1 Å². The number of halogens is 4. The molecule has 1 atom stereocenters. The molecule has 0 fully saturated rings. The molecule has 0 spiro atoms. The first-order chi connectivity index (χ1) is 9.04. The summed E-state index contributed by atoms with van der Waals surface area (Å²) in [5.74, 6) is 0. The monoisotopic (exact) mass is 311 g/mol. The lowest BCUT2D eigenvalue weighted by Gasteiger charge is -2.18. The Morgan fingerprint density at radius 1 is 1.26 bits per heavy atom. The minimum Gasteiger partial charge on any atom is -0.375 e. The fourth-order valence-electron chi connectivity index (χ4n) is 1.72. The van der Waals surface area contributed by atoms with Crippen LogP contribution in [0.4, 0.5) is 8.78 Å². The summed E-state index contributed by atoms with van der Waals surface area (Å²) in [7, 11) is 1.81. The second kappa shape index (κ2) is 8.69. The number of nitrogens with one attached hydrogen (secondary N) is 1. The first-order valence-corrected chi connectivity index (χ1v) is 6.76. The van der Waals surface area contributed by atoms with Gasteiger partial charge in [0.25, 0.3) is 6.43 Å². The van der Waals surface area contributed by atoms with E-state index in [0.29, 0.717) is 22.9 Å². The summed E-state index contributed by atoms with van der Waals surface area (Å²) in [6.07, 6.45) is -1.18. The summed E-state index contributed by atoms with van der Waals surface area (Å²) in [5.41, 5.74) is 0.860. The molecule has 0 amide bonds. The first kappa shape index (κ1) is 16.6. The maximum Gasteiger partial charge on any atom is 0.261 e. The first-order valence-electron chi connectivity index (χ1n) is 6.00. The largest absolute Gasteiger partial charge is 0.375 e. The fourth-order valence-corrected chi connectivity index (χ4v) is 2.27. The molecule has 0 aromatic heterocycles. The highest BCUT2D eigenvalue weighted by atomic mass is 35.5. The van der Waals surface area contributed by atoms with Crippen molar-refractivity contribution in [3.8, 4) is 0 Å². The minimum absolute atomic E-state index is 0.0788. The molecular weight excluding hydrogens is 295 g/mol. The third kappa shape index (κ3) is 6.04. The molecule has 19 heavy (non-hydrogen) atoms. The summed E-state index contributed by atoms with van der Waals surface area (Å²) in [6, 6.07) is 5.43. The molecule has 1 N–H and O–H groups in total. The van der Waals surface area contributed by atoms with Gasteiger partial charge in [-0.2, -0.15) is 0 Å². The van der Waals surface area contributed by atoms with Gasteiger partial charge in [-0.25, -0.2) is 8.78 Å². The van der Waals surface area contributed by atoms with Gasteiger partial charge in [0.2, 0.25) is 0 Å². The average molecular weight is 312 g/mol. The molecule has 0 saturated carbocycles. The molecule has 0 aliphatic carbocycles. The molecule has 0 aliphatic rings. The molecule has 108 valence electrons. The van der Waals surface area contributed by atoms with E-state index in [9.17, 15) is 8.78 Å². The number of benzene rings is 1. The maximum absolute atomic E-state index is 11.9. The number of rotatable bonds is 8. The van der Waals surface area contributed by atoms with E-state index in [1.54, 1.807) is 18.2 Å². The third-order valence-corrected chi connectivity index (χ3v) is 3.48. The normalized spacial score (nSPS) is 12.9. The van der Waals surface area contributed by atoms with Crippen LogP contribution in [0.15, 0.2) is 18.2 Å². The van der Waals surface area contributed by atoms with E-state index < -0.39 is 13.0 Å². The van der Waals surface area contributed by atoms with Crippen LogP contribution in [0.3, 0.4) is 0 Å². The quantitative estimate of drug-likeness (QED) is 0.737. The van der Waals surface area contributed by atoms with Crippen LogP contribution in [0.2, 0.25) is 10.0 Å². The van der Waals surface area contributed by atoms with Crippen molar-refractivity contribution in [1.29, 1.82) is 0 Å². The van der Waals surface area contributed by atoms with Crippen molar-refractivity contribution >= 4 is 23.2 Å². The summed E-state index contributed by atoms with van der Waals surface area (Å²) < 4.78 is 28.7. The molecule has 0 heterocycles. The zero-order valence-electron chi connectivity index (χ0n) is 10.6. The number of likely N-dealkylation sites (N-methyl/N-ethyl adjacent to an activating group) is 1. The zero-order valence-corrected chi connectivity index (χ0v) is 12.1. The molecule has 1 unspecified atom stereocenters. The number of alkyl halides is 2. The van der Waals surface area contributed by atoms with Gasteiger partial charge in [0, 0.05) is 22.7 Å². The standard InChI is InChI=1S/C13H17Cl2F2NO/c1-18-9(5-6-19-8-13(16)17)7-10-11(14)3-2-4-12(10)15/h2-4,9,13,18H,5-8H2,1H3. The van der Waals surface area contributed by atoms with E-state index in [1.807, 2.05) is 7.05 Å². The third-order valence-electron chi connectivity index (χ3n) is 2.77. The van der Waals surface area contributed by atoms with Crippen LogP contribution in [-0.2, 0) is 11.2 Å². The van der Waals surface area contributed by atoms with Crippen molar-refractivity contribution in [2.75, 3.05) is 20.3 Å². The molecule has 6 heteroatoms. The molecule has 0 bridgehead atoms. The Hall–Kier alpha value is -0.420. The zero-order chi connectivity index (χ0) is 14.3. The van der Waals surface area contributed by atoms with Gasteiger partial charge >= 0.3 is 0 Å². The number of ether oxygens (including phenoxy) is 1. The van der Waals surface area contributed by atoms with Crippen LogP contribution >= 0.6 is 23.2 Å². The Morgan fingerprint density at radius 3 is 2.42 bits per heavy atom. The molecule has 0 aliphatic heterocycles. The highest BCUT2D eigenvalue weighted by Gasteiger charge is 2.13. The Labute approximate surface area is 122 Å². The summed E-state index contributed by atoms with van der Waals surface area (Å²) in [4.78, 5) is 0. The van der Waals surface area contributed by atoms with E-state index in [0.717, 1.165) is 5.56 Å². The van der Waals surface area contributed by atoms with Crippen molar-refractivity contribution in [3.05, 3.63) is 33.8 Å². The number of hydrogen-bond acceptors (Lipinski definition) is 2. The average Bonchev–Trinajstić information content (AvgIpc) is 2.36. The molecular formula is C13H17Cl2F2NO. The molecule has 0 radical (unpaired) electrons. The smallest absolute Gasteiger partial charge is 0.261 e. The van der Waals surface area contributed by atoms with Crippen LogP contribution in [0.5, 0.6) is 0 Å². The highest BCUT2D eigenvalue weighted by Crippen LogP contribution is 2.25. The lowest BCUT2D eigenvalue weighted by molar-refractivity contribution is 0.0146. The van der Waals surface area contributed by atoms with Crippen LogP contribution < -0.4 is 5.32 Å². The minimum atomic E-state index is -2.42. The van der Waals surface area contributed by atoms with Gasteiger partial charge in [-0.1, -0.05) is 29.3 Å². The topological polar surface area (TPSA) is 21.3 Å². The second-order valence-corrected chi connectivity index (χ2v) is 4.96. The van der Waals surface area contributed by atoms with Crippen LogP contribution in [0, 0.1) is 0 Å². The Morgan fingerprint density at radius 2 is 1.89 bits per heavy atom. The van der Waals surface area contributed by atoms with E-state index >= 15 is 0 Å². The highest BCUT2D eigenvalue weighted by molar-refractivity contribution is 6.35. The SMILES string of the molecule is CNC(CCOCC(F)F)Cc1c(Cl)cccc1Cl. The van der Waals surface area contributed by atoms with Crippen molar-refractivity contribution in [2.45, 2.75) is 25.3 Å². The van der Waals surface area contributed by atoms with Crippen LogP contribution in [0.1, 0.15) is 12.0 Å². The second-order valence-electron chi connectivity index (χ2n) is 4.14. The van der Waals surface area contributed by atoms with Crippen molar-refractivity contribution in [1.82, 2.24) is 5.32 Å². The molecule has 1 aromatic rings. The van der Waals surface area contributed by atoms with Gasteiger partial charge in [0.1, 0.15) is 6.61 Å². The Balaban J connectivity index is 2.48. The molecule has 1 rings (SSSR count). The lowest BCUT2D eigenvalue weighted by atomic mass is 10.0.